The van der Waals surface area contributed by atoms with Crippen LogP contribution in [0.15, 0.2) is 52.3 Å². The summed E-state index contributed by atoms with van der Waals surface area (Å²) in [5.41, 5.74) is 2.47. The Morgan fingerprint density at radius 1 is 1.13 bits per heavy atom. The molecule has 2 heterocycles. The highest BCUT2D eigenvalue weighted by Crippen LogP contribution is 2.42. The zero-order chi connectivity index (χ0) is 20.9. The molecule has 4 rings (SSSR count). The maximum absolute atomic E-state index is 11.9. The highest BCUT2D eigenvalue weighted by Gasteiger charge is 2.25. The molecule has 2 aromatic rings. The van der Waals surface area contributed by atoms with E-state index < -0.39 is 0 Å². The molecule has 0 aliphatic carbocycles. The molecule has 0 unspecified atom stereocenters. The largest absolute Gasteiger partial charge is 0.450 e. The lowest BCUT2D eigenvalue weighted by atomic mass is 10.0. The van der Waals surface area contributed by atoms with E-state index in [0.717, 1.165) is 36.6 Å². The molecule has 2 aromatic carbocycles. The van der Waals surface area contributed by atoms with Crippen LogP contribution in [-0.2, 0) is 15.9 Å². The van der Waals surface area contributed by atoms with Crippen LogP contribution in [0.2, 0.25) is 5.02 Å². The number of piperazine rings is 1. The third-order valence-corrected chi connectivity index (χ3v) is 6.99. The van der Waals surface area contributed by atoms with Gasteiger partial charge in [-0.3, -0.25) is 4.90 Å². The third kappa shape index (κ3) is 5.11. The predicted octanol–water partition coefficient (Wildman–Crippen LogP) is 4.88. The Kier molecular flexibility index (Phi) is 7.20. The van der Waals surface area contributed by atoms with Crippen molar-refractivity contribution in [3.63, 3.8) is 0 Å². The molecule has 1 amide bonds. The quantitative estimate of drug-likeness (QED) is 0.654. The molecule has 5 nitrogen and oxygen atoms in total. The van der Waals surface area contributed by atoms with Crippen LogP contribution in [0.25, 0.3) is 0 Å². The van der Waals surface area contributed by atoms with E-state index in [2.05, 4.69) is 35.2 Å². The Balaban J connectivity index is 1.36. The predicted molar refractivity (Wildman–Crippen MR) is 119 cm³/mol. The second kappa shape index (κ2) is 10.1. The van der Waals surface area contributed by atoms with Crippen LogP contribution >= 0.6 is 23.4 Å². The van der Waals surface area contributed by atoms with Gasteiger partial charge in [0, 0.05) is 54.0 Å². The van der Waals surface area contributed by atoms with Crippen LogP contribution < -0.4 is 0 Å². The second-order valence-corrected chi connectivity index (χ2v) is 9.00. The number of nitrogens with zero attached hydrogens (tertiary/aromatic N) is 2. The third-order valence-electron chi connectivity index (χ3n) is 5.54. The van der Waals surface area contributed by atoms with Crippen LogP contribution in [0.4, 0.5) is 4.79 Å². The second-order valence-electron chi connectivity index (χ2n) is 7.48. The molecule has 2 aliphatic heterocycles. The summed E-state index contributed by atoms with van der Waals surface area (Å²) in [5.74, 6) is 0. The SMILES string of the molecule is CCOC(=O)N1CCN(CCO[C@H]2Cc3ccccc3Sc3ccc(Cl)cc32)CC1. The van der Waals surface area contributed by atoms with Crippen molar-refractivity contribution in [2.45, 2.75) is 29.2 Å². The van der Waals surface area contributed by atoms with Crippen LogP contribution in [0, 0.1) is 0 Å². The number of carbonyl (C=O) groups is 1. The summed E-state index contributed by atoms with van der Waals surface area (Å²) in [4.78, 5) is 18.5. The van der Waals surface area contributed by atoms with Crippen LogP contribution in [0.5, 0.6) is 0 Å². The molecule has 1 saturated heterocycles. The van der Waals surface area contributed by atoms with Crippen molar-refractivity contribution in [1.29, 1.82) is 0 Å². The normalized spacial score (nSPS) is 19.0. The van der Waals surface area contributed by atoms with Crippen molar-refractivity contribution >= 4 is 29.5 Å². The van der Waals surface area contributed by atoms with Crippen molar-refractivity contribution < 1.29 is 14.3 Å². The number of carbonyl (C=O) groups excluding carboxylic acids is 1. The van der Waals surface area contributed by atoms with Crippen LogP contribution in [-0.4, -0.2) is 61.8 Å². The zero-order valence-electron chi connectivity index (χ0n) is 17.2. The van der Waals surface area contributed by atoms with Gasteiger partial charge in [-0.25, -0.2) is 4.79 Å². The van der Waals surface area contributed by atoms with Gasteiger partial charge in [-0.2, -0.15) is 0 Å². The van der Waals surface area contributed by atoms with Gasteiger partial charge in [0.05, 0.1) is 19.3 Å². The first-order chi connectivity index (χ1) is 14.6. The molecule has 0 bridgehead atoms. The van der Waals surface area contributed by atoms with E-state index in [9.17, 15) is 4.79 Å². The van der Waals surface area contributed by atoms with Gasteiger partial charge in [-0.15, -0.1) is 0 Å². The molecule has 160 valence electrons. The number of rotatable bonds is 5. The van der Waals surface area contributed by atoms with E-state index in [1.807, 2.05) is 19.1 Å². The van der Waals surface area contributed by atoms with E-state index in [1.54, 1.807) is 16.7 Å². The smallest absolute Gasteiger partial charge is 0.409 e. The minimum absolute atomic E-state index is 0.0179. The van der Waals surface area contributed by atoms with E-state index in [1.165, 1.54) is 15.4 Å². The number of benzene rings is 2. The van der Waals surface area contributed by atoms with Gasteiger partial charge < -0.3 is 14.4 Å². The number of halogens is 1. The van der Waals surface area contributed by atoms with Crippen molar-refractivity contribution in [1.82, 2.24) is 9.80 Å². The van der Waals surface area contributed by atoms with Crippen molar-refractivity contribution in [2.75, 3.05) is 45.9 Å². The fraction of sp³-hybridized carbons (Fsp3) is 0.435. The van der Waals surface area contributed by atoms with Crippen molar-refractivity contribution in [3.8, 4) is 0 Å². The minimum atomic E-state index is -0.212. The molecule has 0 saturated carbocycles. The Morgan fingerprint density at radius 3 is 2.73 bits per heavy atom. The molecule has 1 atom stereocenters. The summed E-state index contributed by atoms with van der Waals surface area (Å²) in [5, 5.41) is 0.740. The molecular formula is C23H27ClN2O3S. The summed E-state index contributed by atoms with van der Waals surface area (Å²) >= 11 is 8.09. The average Bonchev–Trinajstić information content (AvgIpc) is 2.91. The number of hydrogen-bond acceptors (Lipinski definition) is 5. The van der Waals surface area contributed by atoms with E-state index in [-0.39, 0.29) is 12.2 Å². The maximum atomic E-state index is 11.9. The lowest BCUT2D eigenvalue weighted by Crippen LogP contribution is -2.49. The van der Waals surface area contributed by atoms with E-state index in [0.29, 0.717) is 26.3 Å². The number of ether oxygens (including phenoxy) is 2. The molecule has 0 N–H and O–H groups in total. The van der Waals surface area contributed by atoms with Gasteiger partial charge in [0.25, 0.3) is 0 Å². The zero-order valence-corrected chi connectivity index (χ0v) is 18.8. The van der Waals surface area contributed by atoms with Crippen LogP contribution in [0.3, 0.4) is 0 Å². The highest BCUT2D eigenvalue weighted by atomic mass is 35.5. The summed E-state index contributed by atoms with van der Waals surface area (Å²) in [6.45, 7) is 6.82. The minimum Gasteiger partial charge on any atom is -0.450 e. The fourth-order valence-electron chi connectivity index (χ4n) is 3.91. The maximum Gasteiger partial charge on any atom is 0.409 e. The molecule has 2 aliphatic rings. The number of hydrogen-bond donors (Lipinski definition) is 0. The molecule has 0 aromatic heterocycles. The molecule has 0 spiro atoms. The highest BCUT2D eigenvalue weighted by molar-refractivity contribution is 7.99. The van der Waals surface area contributed by atoms with Gasteiger partial charge in [0.15, 0.2) is 0 Å². The van der Waals surface area contributed by atoms with Crippen molar-refractivity contribution in [2.24, 2.45) is 0 Å². The Hall–Kier alpha value is -1.73. The van der Waals surface area contributed by atoms with Gasteiger partial charge >= 0.3 is 6.09 Å². The van der Waals surface area contributed by atoms with Crippen molar-refractivity contribution in [3.05, 3.63) is 58.6 Å². The number of amides is 1. The standard InChI is InChI=1S/C23H27ClN2O3S/c1-2-28-23(27)26-11-9-25(10-12-26)13-14-29-20-15-17-5-3-4-6-21(17)30-22-8-7-18(24)16-19(20)22/h3-8,16,20H,2,9-15H2,1H3/t20-/m0/s1. The topological polar surface area (TPSA) is 42.0 Å². The Bertz CT molecular complexity index is 887. The fourth-order valence-corrected chi connectivity index (χ4v) is 5.20. The van der Waals surface area contributed by atoms with Gasteiger partial charge in [0.1, 0.15) is 0 Å². The molecule has 0 radical (unpaired) electrons. The summed E-state index contributed by atoms with van der Waals surface area (Å²) < 4.78 is 11.5. The molecule has 30 heavy (non-hydrogen) atoms. The lowest BCUT2D eigenvalue weighted by molar-refractivity contribution is 0.0241. The van der Waals surface area contributed by atoms with E-state index >= 15 is 0 Å². The lowest BCUT2D eigenvalue weighted by Gasteiger charge is -2.34. The molecule has 1 fully saturated rings. The average molecular weight is 447 g/mol. The van der Waals surface area contributed by atoms with Gasteiger partial charge in [-0.1, -0.05) is 41.6 Å². The van der Waals surface area contributed by atoms with E-state index in [4.69, 9.17) is 21.1 Å². The summed E-state index contributed by atoms with van der Waals surface area (Å²) in [7, 11) is 0. The van der Waals surface area contributed by atoms with Gasteiger partial charge in [-0.05, 0) is 42.3 Å². The van der Waals surface area contributed by atoms with Crippen LogP contribution in [0.1, 0.15) is 24.2 Å². The van der Waals surface area contributed by atoms with Gasteiger partial charge in [0.2, 0.25) is 0 Å². The first-order valence-electron chi connectivity index (χ1n) is 10.4. The summed E-state index contributed by atoms with van der Waals surface area (Å²) in [6.07, 6.45) is 0.611. The monoisotopic (exact) mass is 446 g/mol. The summed E-state index contributed by atoms with van der Waals surface area (Å²) in [6, 6.07) is 14.6. The molecule has 7 heteroatoms. The molecular weight excluding hydrogens is 420 g/mol. The number of fused-ring (bicyclic) bond motifs is 2. The first-order valence-corrected chi connectivity index (χ1v) is 11.6. The Morgan fingerprint density at radius 2 is 1.93 bits per heavy atom. The first kappa shape index (κ1) is 21.5. The Labute approximate surface area is 187 Å².